The maximum absolute atomic E-state index is 5.63. The highest BCUT2D eigenvalue weighted by Crippen LogP contribution is 2.16. The SMILES string of the molecule is CN=C(NCc1ccnc(N2CCOC(C)C2)c1)N(C)Cc1cccn1C.I. The van der Waals surface area contributed by atoms with Gasteiger partial charge in [0, 0.05) is 58.9 Å². The van der Waals surface area contributed by atoms with Crippen molar-refractivity contribution in [2.24, 2.45) is 12.0 Å². The number of anilines is 1. The lowest BCUT2D eigenvalue weighted by Gasteiger charge is -2.32. The fourth-order valence-corrected chi connectivity index (χ4v) is 3.31. The third-order valence-corrected chi connectivity index (χ3v) is 4.85. The van der Waals surface area contributed by atoms with Crippen LogP contribution in [0, 0.1) is 0 Å². The molecule has 3 rings (SSSR count). The second-order valence-electron chi connectivity index (χ2n) is 7.02. The molecule has 1 aliphatic heterocycles. The van der Waals surface area contributed by atoms with E-state index in [0.29, 0.717) is 6.54 Å². The quantitative estimate of drug-likeness (QED) is 0.390. The van der Waals surface area contributed by atoms with Crippen molar-refractivity contribution in [3.8, 4) is 0 Å². The van der Waals surface area contributed by atoms with Gasteiger partial charge in [-0.1, -0.05) is 0 Å². The van der Waals surface area contributed by atoms with Crippen molar-refractivity contribution in [1.29, 1.82) is 0 Å². The van der Waals surface area contributed by atoms with Crippen molar-refractivity contribution < 1.29 is 4.74 Å². The lowest BCUT2D eigenvalue weighted by atomic mass is 10.2. The summed E-state index contributed by atoms with van der Waals surface area (Å²) in [6.45, 7) is 6.13. The summed E-state index contributed by atoms with van der Waals surface area (Å²) >= 11 is 0. The molecule has 0 saturated carbocycles. The molecule has 154 valence electrons. The Hall–Kier alpha value is -1.81. The number of morpholine rings is 1. The third-order valence-electron chi connectivity index (χ3n) is 4.85. The van der Waals surface area contributed by atoms with Gasteiger partial charge in [0.2, 0.25) is 0 Å². The number of pyridine rings is 1. The highest BCUT2D eigenvalue weighted by molar-refractivity contribution is 14.0. The fraction of sp³-hybridized carbons (Fsp3) is 0.500. The van der Waals surface area contributed by atoms with Crippen LogP contribution in [0.3, 0.4) is 0 Å². The molecule has 1 fully saturated rings. The summed E-state index contributed by atoms with van der Waals surface area (Å²) in [7, 11) is 5.93. The molecule has 2 aromatic heterocycles. The van der Waals surface area contributed by atoms with Gasteiger partial charge in [-0.25, -0.2) is 4.98 Å². The molecule has 3 heterocycles. The van der Waals surface area contributed by atoms with Gasteiger partial charge < -0.3 is 24.4 Å². The summed E-state index contributed by atoms with van der Waals surface area (Å²) < 4.78 is 7.75. The number of nitrogens with one attached hydrogen (secondary N) is 1. The molecule has 0 spiro atoms. The third kappa shape index (κ3) is 5.84. The van der Waals surface area contributed by atoms with E-state index < -0.39 is 0 Å². The van der Waals surface area contributed by atoms with Crippen LogP contribution in [0.15, 0.2) is 41.7 Å². The highest BCUT2D eigenvalue weighted by Gasteiger charge is 2.18. The van der Waals surface area contributed by atoms with Crippen LogP contribution in [0.25, 0.3) is 0 Å². The van der Waals surface area contributed by atoms with Crippen LogP contribution in [0.2, 0.25) is 0 Å². The molecular formula is C20H31IN6O. The number of aliphatic imine (C=N–C) groups is 1. The average Bonchev–Trinajstić information content (AvgIpc) is 3.07. The molecule has 1 saturated heterocycles. The van der Waals surface area contributed by atoms with Crippen LogP contribution in [0.4, 0.5) is 5.82 Å². The van der Waals surface area contributed by atoms with E-state index in [9.17, 15) is 0 Å². The number of hydrogen-bond donors (Lipinski definition) is 1. The molecule has 2 aromatic rings. The van der Waals surface area contributed by atoms with Crippen LogP contribution >= 0.6 is 24.0 Å². The number of aryl methyl sites for hydroxylation is 1. The van der Waals surface area contributed by atoms with E-state index >= 15 is 0 Å². The van der Waals surface area contributed by atoms with Crippen LogP contribution in [-0.4, -0.2) is 60.3 Å². The zero-order valence-electron chi connectivity index (χ0n) is 17.1. The zero-order chi connectivity index (χ0) is 19.2. The number of guanidine groups is 1. The van der Waals surface area contributed by atoms with E-state index in [-0.39, 0.29) is 30.1 Å². The van der Waals surface area contributed by atoms with Gasteiger partial charge in [-0.05, 0) is 36.8 Å². The summed E-state index contributed by atoms with van der Waals surface area (Å²) in [5, 5.41) is 3.45. The molecule has 1 unspecified atom stereocenters. The van der Waals surface area contributed by atoms with Crippen molar-refractivity contribution in [1.82, 2.24) is 19.8 Å². The Labute approximate surface area is 184 Å². The first-order valence-corrected chi connectivity index (χ1v) is 9.40. The van der Waals surface area contributed by atoms with Gasteiger partial charge in [0.05, 0.1) is 19.3 Å². The summed E-state index contributed by atoms with van der Waals surface area (Å²) in [5.74, 6) is 1.88. The molecule has 1 atom stereocenters. The number of hydrogen-bond acceptors (Lipinski definition) is 4. The summed E-state index contributed by atoms with van der Waals surface area (Å²) in [5.41, 5.74) is 2.43. The van der Waals surface area contributed by atoms with Crippen molar-refractivity contribution in [2.45, 2.75) is 26.1 Å². The largest absolute Gasteiger partial charge is 0.375 e. The minimum Gasteiger partial charge on any atom is -0.375 e. The molecule has 0 bridgehead atoms. The second-order valence-corrected chi connectivity index (χ2v) is 7.02. The molecule has 0 aliphatic carbocycles. The van der Waals surface area contributed by atoms with Crippen molar-refractivity contribution in [3.05, 3.63) is 47.9 Å². The van der Waals surface area contributed by atoms with Gasteiger partial charge in [-0.2, -0.15) is 0 Å². The van der Waals surface area contributed by atoms with Crippen LogP contribution < -0.4 is 10.2 Å². The number of ether oxygens (including phenoxy) is 1. The molecule has 1 N–H and O–H groups in total. The van der Waals surface area contributed by atoms with Gasteiger partial charge in [0.25, 0.3) is 0 Å². The Morgan fingerprint density at radius 3 is 2.93 bits per heavy atom. The van der Waals surface area contributed by atoms with E-state index in [0.717, 1.165) is 38.0 Å². The maximum Gasteiger partial charge on any atom is 0.194 e. The monoisotopic (exact) mass is 498 g/mol. The van der Waals surface area contributed by atoms with Crippen LogP contribution in [-0.2, 0) is 24.9 Å². The lowest BCUT2D eigenvalue weighted by molar-refractivity contribution is 0.0529. The van der Waals surface area contributed by atoms with Gasteiger partial charge in [-0.3, -0.25) is 4.99 Å². The minimum absolute atomic E-state index is 0. The van der Waals surface area contributed by atoms with Gasteiger partial charge >= 0.3 is 0 Å². The smallest absolute Gasteiger partial charge is 0.194 e. The van der Waals surface area contributed by atoms with Crippen LogP contribution in [0.1, 0.15) is 18.2 Å². The molecule has 28 heavy (non-hydrogen) atoms. The van der Waals surface area contributed by atoms with Crippen molar-refractivity contribution in [2.75, 3.05) is 38.7 Å². The number of rotatable bonds is 5. The molecule has 7 nitrogen and oxygen atoms in total. The summed E-state index contributed by atoms with van der Waals surface area (Å²) in [4.78, 5) is 13.4. The lowest BCUT2D eigenvalue weighted by Crippen LogP contribution is -2.41. The van der Waals surface area contributed by atoms with Gasteiger partial charge in [0.15, 0.2) is 5.96 Å². The highest BCUT2D eigenvalue weighted by atomic mass is 127. The van der Waals surface area contributed by atoms with Crippen LogP contribution in [0.5, 0.6) is 0 Å². The molecule has 0 amide bonds. The molecule has 1 aliphatic rings. The summed E-state index contributed by atoms with van der Waals surface area (Å²) in [6, 6.07) is 8.38. The van der Waals surface area contributed by atoms with E-state index in [1.165, 1.54) is 11.3 Å². The first kappa shape index (κ1) is 22.5. The van der Waals surface area contributed by atoms with E-state index in [1.807, 2.05) is 19.3 Å². The fourth-order valence-electron chi connectivity index (χ4n) is 3.31. The number of halogens is 1. The minimum atomic E-state index is 0. The van der Waals surface area contributed by atoms with E-state index in [1.54, 1.807) is 0 Å². The first-order valence-electron chi connectivity index (χ1n) is 9.40. The predicted molar refractivity (Wildman–Crippen MR) is 124 cm³/mol. The van der Waals surface area contributed by atoms with Gasteiger partial charge in [0.1, 0.15) is 5.82 Å². The normalized spacial score (nSPS) is 17.2. The Balaban J connectivity index is 0.00000280. The molecule has 0 radical (unpaired) electrons. The van der Waals surface area contributed by atoms with E-state index in [2.05, 4.69) is 75.1 Å². The Kier molecular flexibility index (Phi) is 8.56. The number of aromatic nitrogens is 2. The molecule has 0 aromatic carbocycles. The number of nitrogens with zero attached hydrogens (tertiary/aromatic N) is 5. The Morgan fingerprint density at radius 2 is 2.25 bits per heavy atom. The topological polar surface area (TPSA) is 57.9 Å². The summed E-state index contributed by atoms with van der Waals surface area (Å²) in [6.07, 6.45) is 4.18. The average molecular weight is 498 g/mol. The van der Waals surface area contributed by atoms with E-state index in [4.69, 9.17) is 4.74 Å². The standard InChI is InChI=1S/C20H30N6O.HI/c1-16-14-26(10-11-27-16)19-12-17(7-8-22-19)13-23-20(21-2)25(4)15-18-6-5-9-24(18)3;/h5-9,12,16H,10-11,13-15H2,1-4H3,(H,21,23);1H. The Morgan fingerprint density at radius 1 is 1.43 bits per heavy atom. The molecule has 8 heteroatoms. The predicted octanol–water partition coefficient (Wildman–Crippen LogP) is 2.47. The van der Waals surface area contributed by atoms with Crippen molar-refractivity contribution >= 4 is 35.8 Å². The Bertz CT molecular complexity index is 778. The van der Waals surface area contributed by atoms with Crippen molar-refractivity contribution in [3.63, 3.8) is 0 Å². The second kappa shape index (κ2) is 10.7. The maximum atomic E-state index is 5.63. The molecular weight excluding hydrogens is 467 g/mol. The zero-order valence-corrected chi connectivity index (χ0v) is 19.5. The first-order chi connectivity index (χ1) is 13.1. The van der Waals surface area contributed by atoms with Gasteiger partial charge in [-0.15, -0.1) is 24.0 Å².